The first-order chi connectivity index (χ1) is 17.1. The fourth-order valence-electron chi connectivity index (χ4n) is 3.65. The fourth-order valence-corrected chi connectivity index (χ4v) is 5.07. The van der Waals surface area contributed by atoms with E-state index in [2.05, 4.69) is 5.32 Å². The van der Waals surface area contributed by atoms with Crippen molar-refractivity contribution < 1.29 is 22.4 Å². The van der Waals surface area contributed by atoms with Gasteiger partial charge in [-0.05, 0) is 62.7 Å². The van der Waals surface area contributed by atoms with Gasteiger partial charge in [0.2, 0.25) is 11.8 Å². The molecule has 1 unspecified atom stereocenters. The number of carbonyl (C=O) groups is 2. The smallest absolute Gasteiger partial charge is 0.264 e. The molecule has 0 spiro atoms. The van der Waals surface area contributed by atoms with Crippen molar-refractivity contribution >= 4 is 27.5 Å². The van der Waals surface area contributed by atoms with Gasteiger partial charge in [0, 0.05) is 13.1 Å². The number of benzene rings is 3. The van der Waals surface area contributed by atoms with E-state index in [9.17, 15) is 22.4 Å². The first-order valence-electron chi connectivity index (χ1n) is 11.6. The Bertz CT molecular complexity index is 1280. The predicted molar refractivity (Wildman–Crippen MR) is 137 cm³/mol. The highest BCUT2D eigenvalue weighted by atomic mass is 32.2. The van der Waals surface area contributed by atoms with Crippen LogP contribution in [0.3, 0.4) is 0 Å². The molecule has 0 radical (unpaired) electrons. The Morgan fingerprint density at radius 1 is 0.944 bits per heavy atom. The molecule has 2 amide bonds. The summed E-state index contributed by atoms with van der Waals surface area (Å²) in [4.78, 5) is 27.6. The van der Waals surface area contributed by atoms with Crippen molar-refractivity contribution in [3.05, 3.63) is 95.8 Å². The number of nitrogens with one attached hydrogen (secondary N) is 1. The molecule has 0 aliphatic rings. The minimum Gasteiger partial charge on any atom is -0.355 e. The van der Waals surface area contributed by atoms with Gasteiger partial charge in [0.1, 0.15) is 18.4 Å². The third-order valence-electron chi connectivity index (χ3n) is 5.72. The van der Waals surface area contributed by atoms with Crippen LogP contribution in [-0.4, -0.2) is 44.3 Å². The SMILES string of the molecule is CCNC(=O)C(C)N(Cc1ccc(F)cc1)C(=O)CN(c1ccccc1)S(=O)(=O)c1ccc(C)cc1. The lowest BCUT2D eigenvalue weighted by atomic mass is 10.1. The molecule has 1 N–H and O–H groups in total. The van der Waals surface area contributed by atoms with E-state index in [0.717, 1.165) is 9.87 Å². The molecule has 0 aliphatic carbocycles. The molecular weight excluding hydrogens is 481 g/mol. The molecule has 3 aromatic rings. The van der Waals surface area contributed by atoms with Crippen LogP contribution in [0.15, 0.2) is 83.8 Å². The van der Waals surface area contributed by atoms with Crippen LogP contribution in [0.2, 0.25) is 0 Å². The number of rotatable bonds is 10. The number of halogens is 1. The normalized spacial score (nSPS) is 12.0. The third-order valence-corrected chi connectivity index (χ3v) is 7.50. The lowest BCUT2D eigenvalue weighted by molar-refractivity contribution is -0.139. The van der Waals surface area contributed by atoms with Crippen LogP contribution >= 0.6 is 0 Å². The molecule has 0 aliphatic heterocycles. The average Bonchev–Trinajstić information content (AvgIpc) is 2.87. The second-order valence-corrected chi connectivity index (χ2v) is 10.2. The number of carbonyl (C=O) groups excluding carboxylic acids is 2. The number of hydrogen-bond acceptors (Lipinski definition) is 4. The van der Waals surface area contributed by atoms with Crippen LogP contribution < -0.4 is 9.62 Å². The van der Waals surface area contributed by atoms with Gasteiger partial charge >= 0.3 is 0 Å². The Morgan fingerprint density at radius 3 is 2.14 bits per heavy atom. The van der Waals surface area contributed by atoms with Gasteiger partial charge in [-0.2, -0.15) is 0 Å². The topological polar surface area (TPSA) is 86.8 Å². The van der Waals surface area contributed by atoms with Crippen LogP contribution in [0, 0.1) is 12.7 Å². The molecule has 0 bridgehead atoms. The summed E-state index contributed by atoms with van der Waals surface area (Å²) in [6, 6.07) is 19.4. The van der Waals surface area contributed by atoms with E-state index in [0.29, 0.717) is 17.8 Å². The maximum Gasteiger partial charge on any atom is 0.264 e. The predicted octanol–water partition coefficient (Wildman–Crippen LogP) is 3.88. The van der Waals surface area contributed by atoms with Crippen molar-refractivity contribution in [3.63, 3.8) is 0 Å². The molecule has 36 heavy (non-hydrogen) atoms. The maximum atomic E-state index is 13.6. The van der Waals surface area contributed by atoms with Crippen molar-refractivity contribution in [1.82, 2.24) is 10.2 Å². The zero-order chi connectivity index (χ0) is 26.3. The number of aryl methyl sites for hydroxylation is 1. The van der Waals surface area contributed by atoms with Crippen molar-refractivity contribution in [3.8, 4) is 0 Å². The molecular formula is C27H30FN3O4S. The van der Waals surface area contributed by atoms with Crippen LogP contribution in [0.25, 0.3) is 0 Å². The Labute approximate surface area is 211 Å². The van der Waals surface area contributed by atoms with Crippen LogP contribution in [0.1, 0.15) is 25.0 Å². The molecule has 9 heteroatoms. The summed E-state index contributed by atoms with van der Waals surface area (Å²) in [5.41, 5.74) is 1.82. The molecule has 7 nitrogen and oxygen atoms in total. The van der Waals surface area contributed by atoms with Gasteiger partial charge in [0.25, 0.3) is 10.0 Å². The molecule has 3 aromatic carbocycles. The summed E-state index contributed by atoms with van der Waals surface area (Å²) in [5.74, 6) is -1.37. The lowest BCUT2D eigenvalue weighted by Gasteiger charge is -2.32. The number of para-hydroxylation sites is 1. The van der Waals surface area contributed by atoms with Crippen molar-refractivity contribution in [2.45, 2.75) is 38.3 Å². The van der Waals surface area contributed by atoms with Crippen molar-refractivity contribution in [2.24, 2.45) is 0 Å². The number of hydrogen-bond donors (Lipinski definition) is 1. The molecule has 0 saturated heterocycles. The third kappa shape index (κ3) is 6.48. The molecule has 3 rings (SSSR count). The van der Waals surface area contributed by atoms with Gasteiger partial charge in [-0.25, -0.2) is 12.8 Å². The fraction of sp³-hybridized carbons (Fsp3) is 0.259. The van der Waals surface area contributed by atoms with Gasteiger partial charge in [-0.1, -0.05) is 48.0 Å². The van der Waals surface area contributed by atoms with Gasteiger partial charge in [-0.15, -0.1) is 0 Å². The van der Waals surface area contributed by atoms with Gasteiger partial charge in [-0.3, -0.25) is 13.9 Å². The molecule has 1 atom stereocenters. The summed E-state index contributed by atoms with van der Waals surface area (Å²) in [7, 11) is -4.10. The second-order valence-electron chi connectivity index (χ2n) is 8.38. The average molecular weight is 512 g/mol. The monoisotopic (exact) mass is 511 g/mol. The molecule has 0 heterocycles. The minimum absolute atomic E-state index is 0.00459. The molecule has 0 aromatic heterocycles. The summed E-state index contributed by atoms with van der Waals surface area (Å²) < 4.78 is 41.7. The standard InChI is InChI=1S/C27H30FN3O4S/c1-4-29-27(33)21(3)30(18-22-12-14-23(28)15-13-22)26(32)19-31(24-8-6-5-7-9-24)36(34,35)25-16-10-20(2)11-17-25/h5-17,21H,4,18-19H2,1-3H3,(H,29,33). The second kappa shape index (κ2) is 11.8. The van der Waals surface area contributed by atoms with Crippen molar-refractivity contribution in [1.29, 1.82) is 0 Å². The first-order valence-corrected chi connectivity index (χ1v) is 13.0. The Hall–Kier alpha value is -3.72. The Balaban J connectivity index is 1.99. The Morgan fingerprint density at radius 2 is 1.56 bits per heavy atom. The van der Waals surface area contributed by atoms with Crippen molar-refractivity contribution in [2.75, 3.05) is 17.4 Å². The van der Waals surface area contributed by atoms with E-state index in [1.165, 1.54) is 41.3 Å². The van der Waals surface area contributed by atoms with E-state index in [1.807, 2.05) is 6.92 Å². The number of nitrogens with zero attached hydrogens (tertiary/aromatic N) is 2. The highest BCUT2D eigenvalue weighted by Gasteiger charge is 2.32. The van der Waals surface area contributed by atoms with E-state index in [4.69, 9.17) is 0 Å². The van der Waals surface area contributed by atoms with Crippen LogP contribution in [0.5, 0.6) is 0 Å². The summed E-state index contributed by atoms with van der Waals surface area (Å²) in [6.07, 6.45) is 0. The largest absolute Gasteiger partial charge is 0.355 e. The van der Waals surface area contributed by atoms with Gasteiger partial charge < -0.3 is 10.2 Å². The lowest BCUT2D eigenvalue weighted by Crippen LogP contribution is -2.51. The van der Waals surface area contributed by atoms with Crippen LogP contribution in [0.4, 0.5) is 10.1 Å². The quantitative estimate of drug-likeness (QED) is 0.448. The van der Waals surface area contributed by atoms with E-state index in [-0.39, 0.29) is 17.3 Å². The molecule has 0 saturated carbocycles. The number of amides is 2. The number of anilines is 1. The summed E-state index contributed by atoms with van der Waals surface area (Å²) in [6.45, 7) is 5.05. The van der Waals surface area contributed by atoms with Gasteiger partial charge in [0.05, 0.1) is 10.6 Å². The van der Waals surface area contributed by atoms with E-state index in [1.54, 1.807) is 56.3 Å². The minimum atomic E-state index is -4.10. The Kier molecular flexibility index (Phi) is 8.82. The highest BCUT2D eigenvalue weighted by molar-refractivity contribution is 7.92. The van der Waals surface area contributed by atoms with Gasteiger partial charge in [0.15, 0.2) is 0 Å². The summed E-state index contributed by atoms with van der Waals surface area (Å²) in [5, 5.41) is 2.70. The number of likely N-dealkylation sites (N-methyl/N-ethyl adjacent to an activating group) is 1. The molecule has 190 valence electrons. The molecule has 0 fully saturated rings. The zero-order valence-corrected chi connectivity index (χ0v) is 21.3. The maximum absolute atomic E-state index is 13.6. The van der Waals surface area contributed by atoms with Crippen LogP contribution in [-0.2, 0) is 26.2 Å². The zero-order valence-electron chi connectivity index (χ0n) is 20.5. The first kappa shape index (κ1) is 26.9. The van der Waals surface area contributed by atoms with E-state index < -0.39 is 34.3 Å². The van der Waals surface area contributed by atoms with E-state index >= 15 is 0 Å². The number of sulfonamides is 1. The highest BCUT2D eigenvalue weighted by Crippen LogP contribution is 2.24. The summed E-state index contributed by atoms with van der Waals surface area (Å²) >= 11 is 0.